The third-order valence-corrected chi connectivity index (χ3v) is 6.76. The van der Waals surface area contributed by atoms with E-state index in [0.717, 1.165) is 64.2 Å². The maximum Gasteiger partial charge on any atom is 0.330 e. The summed E-state index contributed by atoms with van der Waals surface area (Å²) in [5, 5.41) is 0. The second-order valence-electron chi connectivity index (χ2n) is 8.90. The van der Waals surface area contributed by atoms with Crippen LogP contribution in [0.2, 0.25) is 0 Å². The number of rotatable bonds is 7. The first-order valence-electron chi connectivity index (χ1n) is 11.7. The van der Waals surface area contributed by atoms with Crippen molar-refractivity contribution in [3.8, 4) is 5.75 Å². The molecule has 3 rings (SSSR count). The van der Waals surface area contributed by atoms with Crippen LogP contribution in [0.1, 0.15) is 77.2 Å². The largest absolute Gasteiger partial charge is 0.459 e. The number of hydrogen-bond donors (Lipinski definition) is 0. The van der Waals surface area contributed by atoms with Crippen LogP contribution in [-0.4, -0.2) is 18.0 Å². The average Bonchev–Trinajstić information content (AvgIpc) is 2.76. The van der Waals surface area contributed by atoms with Crippen LogP contribution in [0.4, 0.5) is 0 Å². The van der Waals surface area contributed by atoms with Crippen molar-refractivity contribution in [3.05, 3.63) is 42.0 Å². The molecule has 1 aromatic carbocycles. The fourth-order valence-corrected chi connectivity index (χ4v) is 5.06. The fraction of sp³-hybridized carbons (Fsp3) is 0.615. The number of hydrogen-bond acceptors (Lipinski definition) is 4. The van der Waals surface area contributed by atoms with Crippen molar-refractivity contribution in [2.24, 2.45) is 17.8 Å². The molecule has 2 aliphatic carbocycles. The number of carbonyl (C=O) groups is 2. The van der Waals surface area contributed by atoms with Gasteiger partial charge >= 0.3 is 11.9 Å². The third kappa shape index (κ3) is 6.45. The van der Waals surface area contributed by atoms with Crippen LogP contribution >= 0.6 is 0 Å². The van der Waals surface area contributed by atoms with E-state index in [4.69, 9.17) is 9.47 Å². The standard InChI is InChI=1S/C26H36O4/c1-3-5-19-7-15-24(16-8-19)30-26(28)22-11-9-20(10-12-22)21-13-17-23(18-14-21)29-25(27)6-4-2/h4,6-8,15-16,20-23H,3,5,9-14,17-18H2,1-2H3/b6-4+. The van der Waals surface area contributed by atoms with Gasteiger partial charge in [-0.05, 0) is 94.2 Å². The van der Waals surface area contributed by atoms with Crippen LogP contribution in [-0.2, 0) is 20.7 Å². The molecule has 0 heterocycles. The van der Waals surface area contributed by atoms with Gasteiger partial charge in [-0.15, -0.1) is 0 Å². The molecular formula is C26H36O4. The minimum atomic E-state index is -0.222. The summed E-state index contributed by atoms with van der Waals surface area (Å²) in [7, 11) is 0. The summed E-state index contributed by atoms with van der Waals surface area (Å²) in [5.74, 6) is 1.78. The van der Waals surface area contributed by atoms with Crippen molar-refractivity contribution in [3.63, 3.8) is 0 Å². The quantitative estimate of drug-likeness (QED) is 0.312. The molecule has 2 aliphatic rings. The first kappa shape index (κ1) is 22.6. The second kappa shape index (κ2) is 11.3. The molecule has 2 saturated carbocycles. The lowest BCUT2D eigenvalue weighted by molar-refractivity contribution is -0.145. The van der Waals surface area contributed by atoms with Crippen molar-refractivity contribution in [2.75, 3.05) is 0 Å². The number of ether oxygens (including phenoxy) is 2. The van der Waals surface area contributed by atoms with Crippen LogP contribution in [0.15, 0.2) is 36.4 Å². The van der Waals surface area contributed by atoms with Crippen molar-refractivity contribution in [2.45, 2.75) is 84.2 Å². The van der Waals surface area contributed by atoms with Gasteiger partial charge in [-0.2, -0.15) is 0 Å². The molecule has 4 heteroatoms. The lowest BCUT2D eigenvalue weighted by Crippen LogP contribution is -2.31. The number of benzene rings is 1. The van der Waals surface area contributed by atoms with Gasteiger partial charge in [0.2, 0.25) is 0 Å². The van der Waals surface area contributed by atoms with E-state index in [2.05, 4.69) is 19.1 Å². The Hall–Kier alpha value is -2.10. The summed E-state index contributed by atoms with van der Waals surface area (Å²) in [6.45, 7) is 3.99. The fourth-order valence-electron chi connectivity index (χ4n) is 5.06. The van der Waals surface area contributed by atoms with E-state index in [9.17, 15) is 9.59 Å². The van der Waals surface area contributed by atoms with E-state index in [1.807, 2.05) is 19.1 Å². The molecule has 0 atom stereocenters. The predicted octanol–water partition coefficient (Wildman–Crippen LogP) is 6.03. The molecule has 4 nitrogen and oxygen atoms in total. The van der Waals surface area contributed by atoms with E-state index in [-0.39, 0.29) is 24.0 Å². The van der Waals surface area contributed by atoms with Gasteiger partial charge < -0.3 is 9.47 Å². The molecule has 0 saturated heterocycles. The van der Waals surface area contributed by atoms with E-state index >= 15 is 0 Å². The van der Waals surface area contributed by atoms with E-state index in [0.29, 0.717) is 17.6 Å². The van der Waals surface area contributed by atoms with E-state index in [1.54, 1.807) is 6.08 Å². The highest BCUT2D eigenvalue weighted by Crippen LogP contribution is 2.40. The van der Waals surface area contributed by atoms with Gasteiger partial charge in [-0.3, -0.25) is 4.79 Å². The summed E-state index contributed by atoms with van der Waals surface area (Å²) in [6, 6.07) is 7.93. The van der Waals surface area contributed by atoms with Crippen LogP contribution in [0, 0.1) is 17.8 Å². The summed E-state index contributed by atoms with van der Waals surface area (Å²) < 4.78 is 11.2. The molecule has 1 aromatic rings. The maximum absolute atomic E-state index is 12.6. The first-order chi connectivity index (χ1) is 14.6. The zero-order valence-electron chi connectivity index (χ0n) is 18.5. The molecule has 2 fully saturated rings. The molecule has 0 unspecified atom stereocenters. The number of esters is 2. The van der Waals surface area contributed by atoms with Gasteiger partial charge in [-0.1, -0.05) is 31.6 Å². The topological polar surface area (TPSA) is 52.6 Å². The Bertz CT molecular complexity index is 705. The maximum atomic E-state index is 12.6. The zero-order valence-corrected chi connectivity index (χ0v) is 18.5. The van der Waals surface area contributed by atoms with Gasteiger partial charge in [-0.25, -0.2) is 4.79 Å². The second-order valence-corrected chi connectivity index (χ2v) is 8.90. The lowest BCUT2D eigenvalue weighted by Gasteiger charge is -2.37. The van der Waals surface area contributed by atoms with Gasteiger partial charge in [0, 0.05) is 6.08 Å². The Balaban J connectivity index is 1.39. The van der Waals surface area contributed by atoms with Gasteiger partial charge in [0.15, 0.2) is 0 Å². The molecule has 0 radical (unpaired) electrons. The number of allylic oxidation sites excluding steroid dienone is 1. The normalized spacial score (nSPS) is 27.0. The Labute approximate surface area is 181 Å². The predicted molar refractivity (Wildman–Crippen MR) is 118 cm³/mol. The average molecular weight is 413 g/mol. The molecule has 0 aromatic heterocycles. The summed E-state index contributed by atoms with van der Waals surface area (Å²) >= 11 is 0. The monoisotopic (exact) mass is 412 g/mol. The Kier molecular flexibility index (Phi) is 8.53. The van der Waals surface area contributed by atoms with Crippen LogP contribution < -0.4 is 4.74 Å². The number of aryl methyl sites for hydroxylation is 1. The molecule has 0 aliphatic heterocycles. The summed E-state index contributed by atoms with van der Waals surface area (Å²) in [5.41, 5.74) is 1.28. The lowest BCUT2D eigenvalue weighted by atomic mass is 9.70. The van der Waals surface area contributed by atoms with Crippen LogP contribution in [0.25, 0.3) is 0 Å². The zero-order chi connectivity index (χ0) is 21.3. The van der Waals surface area contributed by atoms with Crippen molar-refractivity contribution >= 4 is 11.9 Å². The number of carbonyl (C=O) groups excluding carboxylic acids is 2. The van der Waals surface area contributed by atoms with Crippen molar-refractivity contribution < 1.29 is 19.1 Å². The SMILES string of the molecule is C/C=C/C(=O)OC1CCC(C2CCC(C(=O)Oc3ccc(CCC)cc3)CC2)CC1. The summed E-state index contributed by atoms with van der Waals surface area (Å²) in [4.78, 5) is 24.2. The molecule has 0 spiro atoms. The van der Waals surface area contributed by atoms with Crippen molar-refractivity contribution in [1.29, 1.82) is 0 Å². The molecule has 0 bridgehead atoms. The van der Waals surface area contributed by atoms with Gasteiger partial charge in [0.25, 0.3) is 0 Å². The Morgan fingerprint density at radius 2 is 1.53 bits per heavy atom. The Morgan fingerprint density at radius 1 is 0.933 bits per heavy atom. The van der Waals surface area contributed by atoms with Crippen molar-refractivity contribution in [1.82, 2.24) is 0 Å². The molecule has 0 amide bonds. The molecular weight excluding hydrogens is 376 g/mol. The first-order valence-corrected chi connectivity index (χ1v) is 11.7. The van der Waals surface area contributed by atoms with E-state index in [1.165, 1.54) is 11.6 Å². The highest BCUT2D eigenvalue weighted by atomic mass is 16.5. The Morgan fingerprint density at radius 3 is 2.10 bits per heavy atom. The highest BCUT2D eigenvalue weighted by molar-refractivity contribution is 5.81. The van der Waals surface area contributed by atoms with Crippen LogP contribution in [0.5, 0.6) is 5.75 Å². The molecule has 0 N–H and O–H groups in total. The minimum absolute atomic E-state index is 0.0229. The van der Waals surface area contributed by atoms with E-state index < -0.39 is 0 Å². The van der Waals surface area contributed by atoms with Gasteiger partial charge in [0.1, 0.15) is 11.9 Å². The highest BCUT2D eigenvalue weighted by Gasteiger charge is 2.34. The van der Waals surface area contributed by atoms with Crippen LogP contribution in [0.3, 0.4) is 0 Å². The smallest absolute Gasteiger partial charge is 0.330 e. The third-order valence-electron chi connectivity index (χ3n) is 6.76. The van der Waals surface area contributed by atoms with Gasteiger partial charge in [0.05, 0.1) is 5.92 Å². The minimum Gasteiger partial charge on any atom is -0.459 e. The summed E-state index contributed by atoms with van der Waals surface area (Å²) in [6.07, 6.45) is 13.7. The molecule has 30 heavy (non-hydrogen) atoms. The molecule has 164 valence electrons.